The first kappa shape index (κ1) is 12.2. The van der Waals surface area contributed by atoms with Gasteiger partial charge in [-0.1, -0.05) is 0 Å². The standard InChI is InChI=1S/C9H13F3N4O/c10-9(11,12)6-13-5-7-14-8(15-17-7)16-3-1-2-4-16/h13H,1-6H2. The van der Waals surface area contributed by atoms with Gasteiger partial charge in [-0.2, -0.15) is 18.2 Å². The maximum absolute atomic E-state index is 11.9. The van der Waals surface area contributed by atoms with Gasteiger partial charge in [0.25, 0.3) is 5.95 Å². The molecule has 0 amide bonds. The van der Waals surface area contributed by atoms with E-state index in [-0.39, 0.29) is 12.4 Å². The molecule has 1 aromatic heterocycles. The number of halogens is 3. The number of alkyl halides is 3. The fourth-order valence-corrected chi connectivity index (χ4v) is 1.67. The van der Waals surface area contributed by atoms with Gasteiger partial charge < -0.3 is 14.7 Å². The number of anilines is 1. The highest BCUT2D eigenvalue weighted by atomic mass is 19.4. The van der Waals surface area contributed by atoms with Crippen LogP contribution >= 0.6 is 0 Å². The van der Waals surface area contributed by atoms with Crippen LogP contribution in [0.25, 0.3) is 0 Å². The van der Waals surface area contributed by atoms with Gasteiger partial charge in [0.1, 0.15) is 0 Å². The Morgan fingerprint density at radius 3 is 2.65 bits per heavy atom. The molecule has 0 unspecified atom stereocenters. The van der Waals surface area contributed by atoms with Crippen LogP contribution in [0.4, 0.5) is 19.1 Å². The number of rotatable bonds is 4. The van der Waals surface area contributed by atoms with E-state index in [2.05, 4.69) is 15.5 Å². The van der Waals surface area contributed by atoms with Crippen LogP contribution in [0.2, 0.25) is 0 Å². The normalized spacial score (nSPS) is 16.8. The summed E-state index contributed by atoms with van der Waals surface area (Å²) < 4.78 is 40.5. The first-order chi connectivity index (χ1) is 8.04. The summed E-state index contributed by atoms with van der Waals surface area (Å²) in [5.74, 6) is 0.641. The Morgan fingerprint density at radius 1 is 1.29 bits per heavy atom. The maximum atomic E-state index is 11.9. The first-order valence-corrected chi connectivity index (χ1v) is 5.39. The van der Waals surface area contributed by atoms with E-state index < -0.39 is 12.7 Å². The van der Waals surface area contributed by atoms with Crippen molar-refractivity contribution in [1.82, 2.24) is 15.5 Å². The summed E-state index contributed by atoms with van der Waals surface area (Å²) in [5.41, 5.74) is 0. The highest BCUT2D eigenvalue weighted by Crippen LogP contribution is 2.16. The Morgan fingerprint density at radius 2 is 2.00 bits per heavy atom. The van der Waals surface area contributed by atoms with Gasteiger partial charge in [0.2, 0.25) is 5.89 Å². The molecule has 0 bridgehead atoms. The zero-order chi connectivity index (χ0) is 12.3. The van der Waals surface area contributed by atoms with Crippen LogP contribution in [-0.2, 0) is 6.54 Å². The van der Waals surface area contributed by atoms with Gasteiger partial charge in [0.05, 0.1) is 13.1 Å². The lowest BCUT2D eigenvalue weighted by molar-refractivity contribution is -0.125. The van der Waals surface area contributed by atoms with Crippen LogP contribution in [0.3, 0.4) is 0 Å². The second-order valence-electron chi connectivity index (χ2n) is 3.90. The highest BCUT2D eigenvalue weighted by molar-refractivity contribution is 5.28. The van der Waals surface area contributed by atoms with Crippen molar-refractivity contribution in [2.24, 2.45) is 0 Å². The van der Waals surface area contributed by atoms with Crippen LogP contribution in [0, 0.1) is 0 Å². The average molecular weight is 250 g/mol. The summed E-state index contributed by atoms with van der Waals surface area (Å²) in [6.45, 7) is 0.610. The minimum atomic E-state index is -4.22. The van der Waals surface area contributed by atoms with Crippen LogP contribution in [0.15, 0.2) is 4.52 Å². The van der Waals surface area contributed by atoms with Crippen molar-refractivity contribution in [1.29, 1.82) is 0 Å². The third-order valence-corrected chi connectivity index (χ3v) is 2.45. The molecule has 2 rings (SSSR count). The number of hydrogen-bond donors (Lipinski definition) is 1. The summed E-state index contributed by atoms with van der Waals surface area (Å²) in [5, 5.41) is 5.94. The second-order valence-corrected chi connectivity index (χ2v) is 3.90. The summed E-state index contributed by atoms with van der Waals surface area (Å²) in [6, 6.07) is 0. The van der Waals surface area contributed by atoms with Crippen molar-refractivity contribution in [3.63, 3.8) is 0 Å². The van der Waals surface area contributed by atoms with E-state index >= 15 is 0 Å². The molecule has 1 aliphatic heterocycles. The zero-order valence-corrected chi connectivity index (χ0v) is 9.13. The molecule has 1 fully saturated rings. The maximum Gasteiger partial charge on any atom is 0.401 e. The molecule has 1 aliphatic rings. The first-order valence-electron chi connectivity index (χ1n) is 5.39. The van der Waals surface area contributed by atoms with Crippen molar-refractivity contribution in [2.45, 2.75) is 25.6 Å². The van der Waals surface area contributed by atoms with Gasteiger partial charge in [-0.3, -0.25) is 0 Å². The lowest BCUT2D eigenvalue weighted by Gasteiger charge is -2.09. The van der Waals surface area contributed by atoms with E-state index in [1.807, 2.05) is 4.90 Å². The van der Waals surface area contributed by atoms with Crippen molar-refractivity contribution >= 4 is 5.95 Å². The number of nitrogens with one attached hydrogen (secondary N) is 1. The average Bonchev–Trinajstić information content (AvgIpc) is 2.83. The molecule has 1 N–H and O–H groups in total. The molecule has 0 aliphatic carbocycles. The third-order valence-electron chi connectivity index (χ3n) is 2.45. The quantitative estimate of drug-likeness (QED) is 0.873. The Labute approximate surface area is 96.0 Å². The summed E-state index contributed by atoms with van der Waals surface area (Å²) >= 11 is 0. The molecule has 0 atom stereocenters. The summed E-state index contributed by atoms with van der Waals surface area (Å²) in [6.07, 6.45) is -2.07. The SMILES string of the molecule is FC(F)(F)CNCc1nc(N2CCCC2)no1. The molecule has 1 aromatic rings. The van der Waals surface area contributed by atoms with E-state index in [1.165, 1.54) is 0 Å². The molecule has 1 saturated heterocycles. The van der Waals surface area contributed by atoms with Gasteiger partial charge in [0.15, 0.2) is 0 Å². The molecular formula is C9H13F3N4O. The second kappa shape index (κ2) is 4.91. The predicted octanol–water partition coefficient (Wildman–Crippen LogP) is 1.32. The van der Waals surface area contributed by atoms with Crippen molar-refractivity contribution < 1.29 is 17.7 Å². The Bertz CT molecular complexity index is 359. The van der Waals surface area contributed by atoms with Crippen molar-refractivity contribution in [3.05, 3.63) is 5.89 Å². The van der Waals surface area contributed by atoms with E-state index in [9.17, 15) is 13.2 Å². The van der Waals surface area contributed by atoms with Gasteiger partial charge >= 0.3 is 6.18 Å². The van der Waals surface area contributed by atoms with Gasteiger partial charge in [-0.25, -0.2) is 0 Å². The monoisotopic (exact) mass is 250 g/mol. The molecule has 0 spiro atoms. The number of hydrogen-bond acceptors (Lipinski definition) is 5. The molecule has 2 heterocycles. The molecule has 5 nitrogen and oxygen atoms in total. The molecule has 0 aromatic carbocycles. The lowest BCUT2D eigenvalue weighted by Crippen LogP contribution is -2.28. The van der Waals surface area contributed by atoms with E-state index in [0.717, 1.165) is 25.9 Å². The van der Waals surface area contributed by atoms with E-state index in [1.54, 1.807) is 0 Å². The molecule has 8 heteroatoms. The Balaban J connectivity index is 1.81. The molecule has 17 heavy (non-hydrogen) atoms. The summed E-state index contributed by atoms with van der Waals surface area (Å²) in [7, 11) is 0. The fraction of sp³-hybridized carbons (Fsp3) is 0.778. The highest BCUT2D eigenvalue weighted by Gasteiger charge is 2.26. The van der Waals surface area contributed by atoms with Gasteiger partial charge in [-0.15, -0.1) is 0 Å². The number of nitrogens with zero attached hydrogens (tertiary/aromatic N) is 3. The van der Waals surface area contributed by atoms with Gasteiger partial charge in [0, 0.05) is 13.1 Å². The molecular weight excluding hydrogens is 237 g/mol. The van der Waals surface area contributed by atoms with E-state index in [0.29, 0.717) is 5.95 Å². The topological polar surface area (TPSA) is 54.2 Å². The van der Waals surface area contributed by atoms with Crippen LogP contribution in [-0.4, -0.2) is 36.0 Å². The minimum absolute atomic E-state index is 0.0691. The predicted molar refractivity (Wildman–Crippen MR) is 53.5 cm³/mol. The third kappa shape index (κ3) is 3.58. The van der Waals surface area contributed by atoms with Gasteiger partial charge in [-0.05, 0) is 18.0 Å². The number of aromatic nitrogens is 2. The fourth-order valence-electron chi connectivity index (χ4n) is 1.67. The Hall–Kier alpha value is -1.31. The molecule has 0 radical (unpaired) electrons. The molecule has 96 valence electrons. The van der Waals surface area contributed by atoms with Crippen LogP contribution in [0.5, 0.6) is 0 Å². The van der Waals surface area contributed by atoms with E-state index in [4.69, 9.17) is 4.52 Å². The van der Waals surface area contributed by atoms with Crippen molar-refractivity contribution in [2.75, 3.05) is 24.5 Å². The minimum Gasteiger partial charge on any atom is -0.338 e. The zero-order valence-electron chi connectivity index (χ0n) is 9.13. The smallest absolute Gasteiger partial charge is 0.338 e. The lowest BCUT2D eigenvalue weighted by atomic mass is 10.4. The van der Waals surface area contributed by atoms with Crippen LogP contribution < -0.4 is 10.2 Å². The summed E-state index contributed by atoms with van der Waals surface area (Å²) in [4.78, 5) is 5.99. The largest absolute Gasteiger partial charge is 0.401 e. The molecule has 0 saturated carbocycles. The van der Waals surface area contributed by atoms with Crippen molar-refractivity contribution in [3.8, 4) is 0 Å². The Kier molecular flexibility index (Phi) is 3.51. The van der Waals surface area contributed by atoms with Crippen LogP contribution in [0.1, 0.15) is 18.7 Å².